The monoisotopic (exact) mass is 350 g/mol. The molecule has 0 fully saturated rings. The molecule has 0 saturated carbocycles. The lowest BCUT2D eigenvalue weighted by Crippen LogP contribution is -2.05. The van der Waals surface area contributed by atoms with Gasteiger partial charge >= 0.3 is 0 Å². The van der Waals surface area contributed by atoms with Crippen molar-refractivity contribution in [1.29, 1.82) is 0 Å². The summed E-state index contributed by atoms with van der Waals surface area (Å²) in [5.74, 6) is 0. The maximum Gasteiger partial charge on any atom is -0.0207 e. The summed E-state index contributed by atoms with van der Waals surface area (Å²) in [6.07, 6.45) is 22.0. The van der Waals surface area contributed by atoms with Gasteiger partial charge in [0.25, 0.3) is 0 Å². The van der Waals surface area contributed by atoms with Crippen molar-refractivity contribution in [3.05, 3.63) is 0 Å². The Labute approximate surface area is 150 Å². The van der Waals surface area contributed by atoms with Crippen molar-refractivity contribution in [2.75, 3.05) is 6.16 Å². The standard InChI is InChI=1S/C20H43P.ClH/c1-5-6-7-8-9-10-11-12-13-14-15-16-17-18-19-21-20(2,3)4;/h21H,5-19H2,1-4H3;1H. The molecule has 0 aliphatic carbocycles. The van der Waals surface area contributed by atoms with Crippen molar-refractivity contribution >= 4 is 21.0 Å². The minimum atomic E-state index is 0. The molecule has 2 heteroatoms. The molecule has 0 saturated heterocycles. The van der Waals surface area contributed by atoms with Crippen LogP contribution >= 0.6 is 21.0 Å². The predicted octanol–water partition coefficient (Wildman–Crippen LogP) is 8.37. The second-order valence-electron chi connectivity index (χ2n) is 7.77. The highest BCUT2D eigenvalue weighted by Gasteiger charge is 2.08. The molecule has 0 aliphatic heterocycles. The van der Waals surface area contributed by atoms with Crippen LogP contribution in [0.25, 0.3) is 0 Å². The molecule has 1 atom stereocenters. The highest BCUT2D eigenvalue weighted by atomic mass is 35.5. The zero-order valence-corrected chi connectivity index (χ0v) is 17.8. The molecule has 22 heavy (non-hydrogen) atoms. The van der Waals surface area contributed by atoms with Gasteiger partial charge in [0.1, 0.15) is 0 Å². The van der Waals surface area contributed by atoms with E-state index in [0.29, 0.717) is 5.16 Å². The zero-order chi connectivity index (χ0) is 15.8. The van der Waals surface area contributed by atoms with Gasteiger partial charge in [0.05, 0.1) is 0 Å². The average Bonchev–Trinajstić information content (AvgIpc) is 2.42. The number of halogens is 1. The van der Waals surface area contributed by atoms with E-state index < -0.39 is 0 Å². The Morgan fingerprint density at radius 1 is 0.545 bits per heavy atom. The highest BCUT2D eigenvalue weighted by Crippen LogP contribution is 2.31. The third-order valence-electron chi connectivity index (χ3n) is 4.19. The molecule has 0 heterocycles. The van der Waals surface area contributed by atoms with Gasteiger partial charge < -0.3 is 0 Å². The minimum absolute atomic E-state index is 0. The van der Waals surface area contributed by atoms with Gasteiger partial charge in [-0.15, -0.1) is 21.0 Å². The molecule has 0 spiro atoms. The fraction of sp³-hybridized carbons (Fsp3) is 1.00. The fourth-order valence-electron chi connectivity index (χ4n) is 2.78. The van der Waals surface area contributed by atoms with E-state index in [-0.39, 0.29) is 12.4 Å². The molecule has 0 aromatic rings. The smallest absolute Gasteiger partial charge is 0.0207 e. The molecule has 136 valence electrons. The number of hydrogen-bond donors (Lipinski definition) is 0. The normalized spacial score (nSPS) is 12.0. The Kier molecular flexibility index (Phi) is 20.5. The molecular formula is C20H44ClP. The van der Waals surface area contributed by atoms with Gasteiger partial charge in [0, 0.05) is 0 Å². The lowest BCUT2D eigenvalue weighted by Gasteiger charge is -2.17. The SMILES string of the molecule is CCCCCCCCCCCCCCCCPC(C)(C)C.Cl. The van der Waals surface area contributed by atoms with Crippen LogP contribution in [0.2, 0.25) is 0 Å². The van der Waals surface area contributed by atoms with Gasteiger partial charge in [-0.3, -0.25) is 0 Å². The molecule has 0 radical (unpaired) electrons. The number of hydrogen-bond acceptors (Lipinski definition) is 0. The van der Waals surface area contributed by atoms with E-state index in [1.54, 1.807) is 0 Å². The summed E-state index contributed by atoms with van der Waals surface area (Å²) in [6, 6.07) is 0. The van der Waals surface area contributed by atoms with E-state index in [4.69, 9.17) is 0 Å². The summed E-state index contributed by atoms with van der Waals surface area (Å²) >= 11 is 0. The zero-order valence-electron chi connectivity index (χ0n) is 16.0. The van der Waals surface area contributed by atoms with E-state index in [1.165, 1.54) is 96.1 Å². The molecule has 0 rings (SSSR count). The van der Waals surface area contributed by atoms with Gasteiger partial charge in [0.15, 0.2) is 0 Å². The van der Waals surface area contributed by atoms with Crippen molar-refractivity contribution in [3.8, 4) is 0 Å². The molecule has 0 amide bonds. The predicted molar refractivity (Wildman–Crippen MR) is 110 cm³/mol. The van der Waals surface area contributed by atoms with Crippen LogP contribution in [0.3, 0.4) is 0 Å². The Balaban J connectivity index is 0. The van der Waals surface area contributed by atoms with Gasteiger partial charge in [-0.2, -0.15) is 0 Å². The molecule has 0 aliphatic rings. The second-order valence-corrected chi connectivity index (χ2v) is 10.1. The van der Waals surface area contributed by atoms with Gasteiger partial charge in [-0.25, -0.2) is 0 Å². The Morgan fingerprint density at radius 2 is 0.864 bits per heavy atom. The van der Waals surface area contributed by atoms with Crippen LogP contribution in [0.5, 0.6) is 0 Å². The summed E-state index contributed by atoms with van der Waals surface area (Å²) in [7, 11) is 1.15. The fourth-order valence-corrected chi connectivity index (χ4v) is 3.96. The first kappa shape index (κ1) is 25.0. The first-order valence-electron chi connectivity index (χ1n) is 9.81. The van der Waals surface area contributed by atoms with Gasteiger partial charge in [-0.1, -0.05) is 111 Å². The quantitative estimate of drug-likeness (QED) is 0.205. The van der Waals surface area contributed by atoms with Crippen LogP contribution < -0.4 is 0 Å². The van der Waals surface area contributed by atoms with Crippen LogP contribution in [0, 0.1) is 0 Å². The number of unbranched alkanes of at least 4 members (excludes halogenated alkanes) is 13. The van der Waals surface area contributed by atoms with Crippen LogP contribution in [0.4, 0.5) is 0 Å². The Morgan fingerprint density at radius 3 is 1.18 bits per heavy atom. The van der Waals surface area contributed by atoms with E-state index in [1.807, 2.05) is 0 Å². The van der Waals surface area contributed by atoms with Gasteiger partial charge in [-0.05, 0) is 17.7 Å². The van der Waals surface area contributed by atoms with E-state index in [0.717, 1.165) is 8.58 Å². The topological polar surface area (TPSA) is 0 Å². The molecule has 0 aromatic carbocycles. The summed E-state index contributed by atoms with van der Waals surface area (Å²) in [4.78, 5) is 0. The molecule has 0 aromatic heterocycles. The molecule has 0 N–H and O–H groups in total. The first-order valence-corrected chi connectivity index (χ1v) is 11.0. The van der Waals surface area contributed by atoms with Crippen molar-refractivity contribution in [2.24, 2.45) is 0 Å². The van der Waals surface area contributed by atoms with Crippen LogP contribution in [-0.2, 0) is 0 Å². The third-order valence-corrected chi connectivity index (χ3v) is 5.85. The second kappa shape index (κ2) is 18.1. The van der Waals surface area contributed by atoms with Crippen LogP contribution in [0.1, 0.15) is 118 Å². The van der Waals surface area contributed by atoms with E-state index >= 15 is 0 Å². The number of rotatable bonds is 15. The van der Waals surface area contributed by atoms with Crippen molar-refractivity contribution in [1.82, 2.24) is 0 Å². The highest BCUT2D eigenvalue weighted by molar-refractivity contribution is 7.39. The van der Waals surface area contributed by atoms with E-state index in [9.17, 15) is 0 Å². The van der Waals surface area contributed by atoms with Crippen molar-refractivity contribution < 1.29 is 0 Å². The molecular weight excluding hydrogens is 307 g/mol. The minimum Gasteiger partial charge on any atom is -0.147 e. The Bertz CT molecular complexity index is 198. The summed E-state index contributed by atoms with van der Waals surface area (Å²) in [5.41, 5.74) is 0. The van der Waals surface area contributed by atoms with Crippen LogP contribution in [0.15, 0.2) is 0 Å². The third kappa shape index (κ3) is 23.0. The van der Waals surface area contributed by atoms with Gasteiger partial charge in [0.2, 0.25) is 0 Å². The van der Waals surface area contributed by atoms with Crippen molar-refractivity contribution in [3.63, 3.8) is 0 Å². The summed E-state index contributed by atoms with van der Waals surface area (Å²) < 4.78 is 0. The maximum atomic E-state index is 2.37. The molecule has 0 bridgehead atoms. The largest absolute Gasteiger partial charge is 0.147 e. The van der Waals surface area contributed by atoms with Crippen LogP contribution in [-0.4, -0.2) is 11.3 Å². The maximum absolute atomic E-state index is 2.37. The van der Waals surface area contributed by atoms with E-state index in [2.05, 4.69) is 27.7 Å². The van der Waals surface area contributed by atoms with Crippen molar-refractivity contribution in [2.45, 2.75) is 123 Å². The Hall–Kier alpha value is 0.720. The summed E-state index contributed by atoms with van der Waals surface area (Å²) in [6.45, 7) is 9.41. The summed E-state index contributed by atoms with van der Waals surface area (Å²) in [5, 5.41) is 0.566. The molecule has 1 unspecified atom stereocenters. The average molecular weight is 351 g/mol. The lowest BCUT2D eigenvalue weighted by atomic mass is 10.0. The lowest BCUT2D eigenvalue weighted by molar-refractivity contribution is 0.538. The first-order chi connectivity index (χ1) is 10.1. The molecule has 0 nitrogen and oxygen atoms in total.